The fraction of sp³-hybridized carbons (Fsp3) is 0.577. The highest BCUT2D eigenvalue weighted by atomic mass is 32.2. The maximum atomic E-state index is 13.5. The molecular formula is C26H33F3N4O3S. The number of carbonyl (C=O) groups excluding carboxylic acids is 1. The van der Waals surface area contributed by atoms with Gasteiger partial charge in [0.2, 0.25) is 5.95 Å². The van der Waals surface area contributed by atoms with Crippen LogP contribution < -0.4 is 15.0 Å². The highest BCUT2D eigenvalue weighted by molar-refractivity contribution is 7.98. The molecule has 2 aromatic rings. The number of benzene rings is 1. The predicted molar refractivity (Wildman–Crippen MR) is 138 cm³/mol. The molecule has 1 aromatic carbocycles. The van der Waals surface area contributed by atoms with E-state index in [1.807, 2.05) is 13.2 Å². The molecule has 4 rings (SSSR count). The van der Waals surface area contributed by atoms with E-state index in [0.717, 1.165) is 36.8 Å². The van der Waals surface area contributed by atoms with Gasteiger partial charge in [-0.3, -0.25) is 4.79 Å². The van der Waals surface area contributed by atoms with Gasteiger partial charge in [0.05, 0.1) is 31.0 Å². The number of halogens is 3. The third-order valence-electron chi connectivity index (χ3n) is 6.98. The van der Waals surface area contributed by atoms with Crippen molar-refractivity contribution in [3.8, 4) is 5.75 Å². The molecule has 2 heterocycles. The first-order chi connectivity index (χ1) is 17.8. The normalized spacial score (nSPS) is 21.3. The van der Waals surface area contributed by atoms with Crippen molar-refractivity contribution in [3.05, 3.63) is 41.7 Å². The van der Waals surface area contributed by atoms with Crippen LogP contribution in [0.1, 0.15) is 43.7 Å². The first kappa shape index (κ1) is 27.3. The minimum atomic E-state index is -4.44. The number of carbonyl (C=O) groups is 1. The van der Waals surface area contributed by atoms with E-state index in [2.05, 4.69) is 20.2 Å². The van der Waals surface area contributed by atoms with E-state index in [1.54, 1.807) is 30.2 Å². The molecule has 1 aliphatic carbocycles. The summed E-state index contributed by atoms with van der Waals surface area (Å²) in [4.78, 5) is 22.3. The van der Waals surface area contributed by atoms with E-state index in [1.165, 1.54) is 6.07 Å². The second kappa shape index (κ2) is 12.2. The molecule has 37 heavy (non-hydrogen) atoms. The third-order valence-corrected chi connectivity index (χ3v) is 7.55. The summed E-state index contributed by atoms with van der Waals surface area (Å²) in [6.45, 7) is 4.00. The predicted octanol–water partition coefficient (Wildman–Crippen LogP) is 5.41. The Morgan fingerprint density at radius 2 is 2.03 bits per heavy atom. The molecule has 11 heteroatoms. The number of nitrogens with one attached hydrogen (secondary N) is 1. The smallest absolute Gasteiger partial charge is 0.416 e. The number of fused-ring (bicyclic) bond motifs is 1. The van der Waals surface area contributed by atoms with Gasteiger partial charge in [0.25, 0.3) is 0 Å². The van der Waals surface area contributed by atoms with Crippen molar-refractivity contribution < 1.29 is 27.4 Å². The highest BCUT2D eigenvalue weighted by Gasteiger charge is 2.40. The first-order valence-electron chi connectivity index (χ1n) is 12.6. The van der Waals surface area contributed by atoms with Crippen LogP contribution in [-0.2, 0) is 22.3 Å². The van der Waals surface area contributed by atoms with E-state index >= 15 is 0 Å². The summed E-state index contributed by atoms with van der Waals surface area (Å²) in [6.07, 6.45) is 3.81. The van der Waals surface area contributed by atoms with Gasteiger partial charge >= 0.3 is 12.1 Å². The largest absolute Gasteiger partial charge is 0.489 e. The Bertz CT molecular complexity index is 1050. The Balaban J connectivity index is 1.47. The standard InChI is InChI=1S/C26H33F3N4O3S/c1-3-33(16-17-4-5-18-12-24(34)36-23(18)10-17)22-7-6-20(26(27,28)29)11-19(22)13-30-25-31-14-21(15-32-25)35-8-9-37-2/h6-7,11,14-15,17-18,23H,3-5,8-10,12-13,16H2,1-2H3,(H,30,31,32)/t17-,18+,23+/m0/s1. The maximum Gasteiger partial charge on any atom is 0.416 e. The second-order valence-corrected chi connectivity index (χ2v) is 10.5. The van der Waals surface area contributed by atoms with Crippen molar-refractivity contribution >= 4 is 29.4 Å². The zero-order valence-electron chi connectivity index (χ0n) is 21.1. The molecule has 0 spiro atoms. The Hall–Kier alpha value is -2.69. The minimum absolute atomic E-state index is 0.0384. The van der Waals surface area contributed by atoms with Crippen LogP contribution in [0.25, 0.3) is 0 Å². The number of thioether (sulfide) groups is 1. The molecule has 7 nitrogen and oxygen atoms in total. The monoisotopic (exact) mass is 538 g/mol. The van der Waals surface area contributed by atoms with Crippen LogP contribution in [0.15, 0.2) is 30.6 Å². The van der Waals surface area contributed by atoms with Crippen LogP contribution in [0.4, 0.5) is 24.8 Å². The maximum absolute atomic E-state index is 13.5. The number of rotatable bonds is 11. The van der Waals surface area contributed by atoms with Crippen molar-refractivity contribution in [3.63, 3.8) is 0 Å². The van der Waals surface area contributed by atoms with Crippen molar-refractivity contribution in [2.75, 3.05) is 41.9 Å². The number of aromatic nitrogens is 2. The number of hydrogen-bond donors (Lipinski definition) is 1. The Kier molecular flexibility index (Phi) is 9.04. The molecule has 1 N–H and O–H groups in total. The van der Waals surface area contributed by atoms with Crippen molar-refractivity contribution in [1.82, 2.24) is 9.97 Å². The SMILES string of the molecule is CCN(C[C@H]1CC[C@@H]2CC(=O)O[C@@H]2C1)c1ccc(C(F)(F)F)cc1CNc1ncc(OCCSC)cn1. The molecule has 1 aromatic heterocycles. The molecule has 0 unspecified atom stereocenters. The van der Waals surface area contributed by atoms with Crippen LogP contribution in [0.3, 0.4) is 0 Å². The quantitative estimate of drug-likeness (QED) is 0.301. The Morgan fingerprint density at radius 3 is 2.73 bits per heavy atom. The molecule has 3 atom stereocenters. The second-order valence-electron chi connectivity index (χ2n) is 9.49. The lowest BCUT2D eigenvalue weighted by atomic mass is 9.79. The number of nitrogens with zero attached hydrogens (tertiary/aromatic N) is 3. The lowest BCUT2D eigenvalue weighted by molar-refractivity contribution is -0.142. The van der Waals surface area contributed by atoms with E-state index in [4.69, 9.17) is 9.47 Å². The summed E-state index contributed by atoms with van der Waals surface area (Å²) in [5, 5.41) is 3.06. The van der Waals surface area contributed by atoms with Gasteiger partial charge in [0, 0.05) is 37.0 Å². The van der Waals surface area contributed by atoms with Gasteiger partial charge in [-0.2, -0.15) is 24.9 Å². The van der Waals surface area contributed by atoms with Gasteiger partial charge in [-0.25, -0.2) is 9.97 Å². The van der Waals surface area contributed by atoms with Gasteiger partial charge in [0.1, 0.15) is 6.10 Å². The van der Waals surface area contributed by atoms with E-state index in [-0.39, 0.29) is 18.6 Å². The van der Waals surface area contributed by atoms with Crippen LogP contribution in [-0.4, -0.2) is 53.7 Å². The average molecular weight is 539 g/mol. The van der Waals surface area contributed by atoms with Crippen LogP contribution >= 0.6 is 11.8 Å². The lowest BCUT2D eigenvalue weighted by Gasteiger charge is -2.35. The number of hydrogen-bond acceptors (Lipinski definition) is 8. The topological polar surface area (TPSA) is 76.6 Å². The number of esters is 1. The molecule has 1 aliphatic heterocycles. The van der Waals surface area contributed by atoms with Gasteiger partial charge in [-0.15, -0.1) is 0 Å². The van der Waals surface area contributed by atoms with Crippen LogP contribution in [0, 0.1) is 11.8 Å². The molecule has 202 valence electrons. The molecule has 2 fully saturated rings. The minimum Gasteiger partial charge on any atom is -0.489 e. The number of alkyl halides is 3. The van der Waals surface area contributed by atoms with Gasteiger partial charge < -0.3 is 19.7 Å². The Labute approximate surface area is 219 Å². The summed E-state index contributed by atoms with van der Waals surface area (Å²) in [7, 11) is 0. The molecule has 1 saturated heterocycles. The molecule has 0 radical (unpaired) electrons. The van der Waals surface area contributed by atoms with Gasteiger partial charge in [-0.1, -0.05) is 0 Å². The summed E-state index contributed by atoms with van der Waals surface area (Å²) in [6, 6.07) is 3.88. The zero-order valence-corrected chi connectivity index (χ0v) is 21.9. The van der Waals surface area contributed by atoms with Crippen molar-refractivity contribution in [1.29, 1.82) is 0 Å². The van der Waals surface area contributed by atoms with Crippen LogP contribution in [0.5, 0.6) is 5.75 Å². The lowest BCUT2D eigenvalue weighted by Crippen LogP contribution is -2.36. The molecule has 0 bridgehead atoms. The first-order valence-corrected chi connectivity index (χ1v) is 14.0. The average Bonchev–Trinajstić information content (AvgIpc) is 3.25. The summed E-state index contributed by atoms with van der Waals surface area (Å²) >= 11 is 1.67. The highest BCUT2D eigenvalue weighted by Crippen LogP contribution is 2.39. The van der Waals surface area contributed by atoms with Crippen molar-refractivity contribution in [2.45, 2.75) is 51.4 Å². The van der Waals surface area contributed by atoms with Gasteiger partial charge in [0.15, 0.2) is 5.75 Å². The molecule has 1 saturated carbocycles. The molecule has 0 amide bonds. The summed E-state index contributed by atoms with van der Waals surface area (Å²) in [5.74, 6) is 2.17. The van der Waals surface area contributed by atoms with Crippen LogP contribution in [0.2, 0.25) is 0 Å². The fourth-order valence-corrected chi connectivity index (χ4v) is 5.32. The fourth-order valence-electron chi connectivity index (χ4n) is 5.07. The zero-order chi connectivity index (χ0) is 26.4. The summed E-state index contributed by atoms with van der Waals surface area (Å²) < 4.78 is 51.6. The van der Waals surface area contributed by atoms with E-state index < -0.39 is 11.7 Å². The van der Waals surface area contributed by atoms with Crippen molar-refractivity contribution in [2.24, 2.45) is 11.8 Å². The number of anilines is 2. The van der Waals surface area contributed by atoms with E-state index in [9.17, 15) is 18.0 Å². The summed E-state index contributed by atoms with van der Waals surface area (Å²) in [5.41, 5.74) is 0.563. The molecular weight excluding hydrogens is 505 g/mol. The molecule has 2 aliphatic rings. The Morgan fingerprint density at radius 1 is 1.24 bits per heavy atom. The third kappa shape index (κ3) is 7.21. The van der Waals surface area contributed by atoms with Gasteiger partial charge in [-0.05, 0) is 62.1 Å². The number of ether oxygens (including phenoxy) is 2. The van der Waals surface area contributed by atoms with E-state index in [0.29, 0.717) is 55.2 Å².